The zero-order valence-corrected chi connectivity index (χ0v) is 25.5. The van der Waals surface area contributed by atoms with E-state index in [-0.39, 0.29) is 25.4 Å². The second-order valence-electron chi connectivity index (χ2n) is 10.2. The Labute approximate surface area is 250 Å². The maximum Gasteiger partial charge on any atom is 0.248 e. The Morgan fingerprint density at radius 3 is 1.43 bits per heavy atom. The van der Waals surface area contributed by atoms with Crippen molar-refractivity contribution in [3.63, 3.8) is 0 Å². The van der Waals surface area contributed by atoms with Crippen molar-refractivity contribution in [2.75, 3.05) is 13.6 Å². The lowest BCUT2D eigenvalue weighted by molar-refractivity contribution is -0.119. The van der Waals surface area contributed by atoms with Crippen molar-refractivity contribution in [1.82, 2.24) is 9.13 Å². The normalized spacial score (nSPS) is 14.5. The predicted octanol–water partition coefficient (Wildman–Crippen LogP) is 5.89. The number of hydrogen-bond donors (Lipinski definition) is 0. The van der Waals surface area contributed by atoms with E-state index in [0.29, 0.717) is 22.4 Å². The molecule has 2 amide bonds. The molecule has 2 aliphatic heterocycles. The summed E-state index contributed by atoms with van der Waals surface area (Å²) in [7, 11) is 0. The summed E-state index contributed by atoms with van der Waals surface area (Å²) in [5, 5.41) is 0. The fourth-order valence-electron chi connectivity index (χ4n) is 5.29. The minimum atomic E-state index is -0.0915. The molecular weight excluding hydrogens is 576 g/mol. The van der Waals surface area contributed by atoms with Crippen molar-refractivity contribution in [3.8, 4) is 23.0 Å². The molecule has 0 radical (unpaired) electrons. The number of aromatic nitrogens is 2. The Kier molecular flexibility index (Phi) is 8.61. The number of benzene rings is 2. The van der Waals surface area contributed by atoms with Crippen LogP contribution in [0.1, 0.15) is 65.2 Å². The quantitative estimate of drug-likeness (QED) is 0.196. The molecule has 0 bridgehead atoms. The zero-order chi connectivity index (χ0) is 29.1. The van der Waals surface area contributed by atoms with Crippen molar-refractivity contribution in [2.45, 2.75) is 78.3 Å². The van der Waals surface area contributed by atoms with Crippen LogP contribution >= 0.6 is 22.7 Å². The molecule has 0 saturated carbocycles. The lowest BCUT2D eigenvalue weighted by Crippen LogP contribution is -2.15. The molecule has 2 aromatic heterocycles. The third-order valence-electron chi connectivity index (χ3n) is 7.46. The summed E-state index contributed by atoms with van der Waals surface area (Å²) in [6.45, 7) is 6.01. The van der Waals surface area contributed by atoms with Gasteiger partial charge in [-0.2, -0.15) is 9.98 Å². The van der Waals surface area contributed by atoms with Gasteiger partial charge in [0.15, 0.2) is 32.6 Å². The Balaban J connectivity index is 0.937. The van der Waals surface area contributed by atoms with Gasteiger partial charge < -0.3 is 28.1 Å². The third-order valence-corrected chi connectivity index (χ3v) is 9.54. The molecule has 42 heavy (non-hydrogen) atoms. The molecule has 222 valence electrons. The topological polar surface area (TPSA) is 106 Å². The number of fused-ring (bicyclic) bond motifs is 4. The molecular formula is C30H34N4O6S2. The SMILES string of the molecule is CCn1c(=NC(=O)CCCCCCCCC(=O)N=c2sc3cc4c(cc3n2CC)OCO4)sc2cc3c(cc21)OCO3. The van der Waals surface area contributed by atoms with E-state index in [2.05, 4.69) is 9.98 Å². The summed E-state index contributed by atoms with van der Waals surface area (Å²) in [6.07, 6.45) is 6.50. The summed E-state index contributed by atoms with van der Waals surface area (Å²) in [6, 6.07) is 7.84. The molecule has 0 unspecified atom stereocenters. The second-order valence-corrected chi connectivity index (χ2v) is 12.3. The van der Waals surface area contributed by atoms with Crippen molar-refractivity contribution in [1.29, 1.82) is 0 Å². The highest BCUT2D eigenvalue weighted by atomic mass is 32.1. The number of carbonyl (C=O) groups is 2. The molecule has 0 atom stereocenters. The minimum Gasteiger partial charge on any atom is -0.454 e. The zero-order valence-electron chi connectivity index (χ0n) is 23.8. The van der Waals surface area contributed by atoms with Crippen molar-refractivity contribution < 1.29 is 28.5 Å². The molecule has 10 nitrogen and oxygen atoms in total. The van der Waals surface area contributed by atoms with Crippen molar-refractivity contribution in [3.05, 3.63) is 33.9 Å². The number of unbranched alkanes of at least 4 members (excludes halogenated alkanes) is 5. The standard InChI is InChI=1S/C30H34N4O6S2/c1-3-33-19-13-21-23(39-17-37-21)15-25(19)41-29(33)31-27(35)11-9-7-5-6-8-10-12-28(36)32-30-34(4-2)20-14-22-24(40-18-38-22)16-26(20)42-30/h13-16H,3-12,17-18H2,1-2H3. The van der Waals surface area contributed by atoms with E-state index >= 15 is 0 Å². The summed E-state index contributed by atoms with van der Waals surface area (Å²) in [5.74, 6) is 2.75. The first-order valence-electron chi connectivity index (χ1n) is 14.5. The first-order valence-corrected chi connectivity index (χ1v) is 16.2. The number of carbonyl (C=O) groups excluding carboxylic acids is 2. The highest BCUT2D eigenvalue weighted by molar-refractivity contribution is 7.16. The molecule has 0 N–H and O–H groups in total. The molecule has 4 aromatic rings. The van der Waals surface area contributed by atoms with E-state index in [0.717, 1.165) is 95.0 Å². The van der Waals surface area contributed by atoms with E-state index in [4.69, 9.17) is 18.9 Å². The minimum absolute atomic E-state index is 0.0915. The van der Waals surface area contributed by atoms with Gasteiger partial charge in [-0.3, -0.25) is 9.59 Å². The van der Waals surface area contributed by atoms with Gasteiger partial charge in [0.25, 0.3) is 0 Å². The fourth-order valence-corrected chi connectivity index (χ4v) is 7.53. The summed E-state index contributed by atoms with van der Waals surface area (Å²) in [4.78, 5) is 35.4. The summed E-state index contributed by atoms with van der Waals surface area (Å²) in [5.41, 5.74) is 2.01. The van der Waals surface area contributed by atoms with E-state index in [1.165, 1.54) is 22.7 Å². The smallest absolute Gasteiger partial charge is 0.248 e. The number of amides is 2. The predicted molar refractivity (Wildman–Crippen MR) is 161 cm³/mol. The average Bonchev–Trinajstić information content (AvgIpc) is 3.76. The van der Waals surface area contributed by atoms with Gasteiger partial charge in [-0.1, -0.05) is 48.4 Å². The monoisotopic (exact) mass is 610 g/mol. The fraction of sp³-hybridized carbons (Fsp3) is 0.467. The summed E-state index contributed by atoms with van der Waals surface area (Å²) >= 11 is 3.00. The van der Waals surface area contributed by atoms with Crippen molar-refractivity contribution >= 4 is 54.9 Å². The number of rotatable bonds is 11. The number of ether oxygens (including phenoxy) is 4. The molecule has 2 aliphatic rings. The van der Waals surface area contributed by atoms with Crippen molar-refractivity contribution in [2.24, 2.45) is 9.98 Å². The molecule has 4 heterocycles. The molecule has 6 rings (SSSR count). The van der Waals surface area contributed by atoms with Crippen LogP contribution in [0.2, 0.25) is 0 Å². The summed E-state index contributed by atoms with van der Waals surface area (Å²) < 4.78 is 28.1. The van der Waals surface area contributed by atoms with Gasteiger partial charge in [-0.25, -0.2) is 0 Å². The first kappa shape index (κ1) is 28.5. The van der Waals surface area contributed by atoms with E-state index in [9.17, 15) is 9.59 Å². The highest BCUT2D eigenvalue weighted by Gasteiger charge is 2.19. The number of hydrogen-bond acceptors (Lipinski definition) is 8. The van der Waals surface area contributed by atoms with Crippen LogP contribution in [0, 0.1) is 0 Å². The van der Waals surface area contributed by atoms with Crippen LogP contribution in [-0.2, 0) is 22.7 Å². The maximum absolute atomic E-state index is 12.6. The lowest BCUT2D eigenvalue weighted by Gasteiger charge is -2.02. The number of aryl methyl sites for hydroxylation is 2. The highest BCUT2D eigenvalue weighted by Crippen LogP contribution is 2.38. The average molecular weight is 611 g/mol. The van der Waals surface area contributed by atoms with Gasteiger partial charge >= 0.3 is 0 Å². The first-order chi connectivity index (χ1) is 20.5. The molecule has 0 spiro atoms. The Morgan fingerprint density at radius 1 is 0.643 bits per heavy atom. The van der Waals surface area contributed by atoms with Gasteiger partial charge in [0, 0.05) is 50.2 Å². The van der Waals surface area contributed by atoms with Gasteiger partial charge in [-0.05, 0) is 26.7 Å². The number of nitrogens with zero attached hydrogens (tertiary/aromatic N) is 4. The Morgan fingerprint density at radius 2 is 1.02 bits per heavy atom. The van der Waals surface area contributed by atoms with Crippen LogP contribution < -0.4 is 28.6 Å². The lowest BCUT2D eigenvalue weighted by atomic mass is 10.1. The van der Waals surface area contributed by atoms with Crippen LogP contribution in [0.15, 0.2) is 34.3 Å². The van der Waals surface area contributed by atoms with E-state index in [1.54, 1.807) is 0 Å². The van der Waals surface area contributed by atoms with Gasteiger partial charge in [-0.15, -0.1) is 0 Å². The third kappa shape index (κ3) is 5.96. The van der Waals surface area contributed by atoms with Gasteiger partial charge in [0.2, 0.25) is 25.4 Å². The van der Waals surface area contributed by atoms with Crippen LogP contribution in [0.4, 0.5) is 0 Å². The van der Waals surface area contributed by atoms with Gasteiger partial charge in [0.1, 0.15) is 0 Å². The molecule has 0 aliphatic carbocycles. The maximum atomic E-state index is 12.6. The van der Waals surface area contributed by atoms with Crippen LogP contribution in [-0.4, -0.2) is 34.5 Å². The Bertz CT molecular complexity index is 1650. The van der Waals surface area contributed by atoms with Crippen LogP contribution in [0.25, 0.3) is 20.4 Å². The molecule has 0 saturated heterocycles. The largest absolute Gasteiger partial charge is 0.454 e. The molecule has 12 heteroatoms. The Hall–Kier alpha value is -3.64. The number of thiazole rings is 2. The van der Waals surface area contributed by atoms with Crippen LogP contribution in [0.3, 0.4) is 0 Å². The van der Waals surface area contributed by atoms with Gasteiger partial charge in [0.05, 0.1) is 20.4 Å². The molecule has 2 aromatic carbocycles. The van der Waals surface area contributed by atoms with E-state index in [1.807, 2.05) is 47.2 Å². The van der Waals surface area contributed by atoms with Crippen LogP contribution in [0.5, 0.6) is 23.0 Å². The second kappa shape index (κ2) is 12.7. The molecule has 0 fully saturated rings. The van der Waals surface area contributed by atoms with E-state index < -0.39 is 0 Å².